The third kappa shape index (κ3) is 6.49. The Hall–Kier alpha value is -2.71. The van der Waals surface area contributed by atoms with E-state index in [9.17, 15) is 9.90 Å². The minimum absolute atomic E-state index is 0.163. The molecular weight excluding hydrogens is 482 g/mol. The average molecular weight is 512 g/mol. The first-order valence-electron chi connectivity index (χ1n) is 11.7. The topological polar surface area (TPSA) is 78.5 Å². The zero-order valence-electron chi connectivity index (χ0n) is 20.1. The summed E-state index contributed by atoms with van der Waals surface area (Å²) in [5, 5.41) is 13.9. The Kier molecular flexibility index (Phi) is 8.23. The van der Waals surface area contributed by atoms with Crippen molar-refractivity contribution < 1.29 is 9.84 Å². The van der Waals surface area contributed by atoms with Crippen molar-refractivity contribution in [1.82, 2.24) is 14.9 Å². The van der Waals surface area contributed by atoms with E-state index in [4.69, 9.17) is 21.3 Å². The smallest absolute Gasteiger partial charge is 0.260 e. The Morgan fingerprint density at radius 1 is 1.14 bits per heavy atom. The summed E-state index contributed by atoms with van der Waals surface area (Å²) in [7, 11) is 0. The highest BCUT2D eigenvalue weighted by Crippen LogP contribution is 2.31. The maximum Gasteiger partial charge on any atom is 0.260 e. The van der Waals surface area contributed by atoms with Gasteiger partial charge in [0.05, 0.1) is 11.9 Å². The van der Waals surface area contributed by atoms with Gasteiger partial charge in [-0.2, -0.15) is 0 Å². The molecular formula is C27H30ClN3O3S. The van der Waals surface area contributed by atoms with E-state index in [0.717, 1.165) is 29.0 Å². The zero-order chi connectivity index (χ0) is 24.9. The van der Waals surface area contributed by atoms with Crippen molar-refractivity contribution in [2.45, 2.75) is 33.4 Å². The van der Waals surface area contributed by atoms with E-state index in [1.807, 2.05) is 60.8 Å². The van der Waals surface area contributed by atoms with Crippen LogP contribution in [0.4, 0.5) is 0 Å². The fraction of sp³-hybridized carbons (Fsp3) is 0.333. The van der Waals surface area contributed by atoms with Gasteiger partial charge in [0, 0.05) is 29.1 Å². The number of H-pyrrole nitrogens is 1. The highest BCUT2D eigenvalue weighted by Gasteiger charge is 2.18. The third-order valence-corrected chi connectivity index (χ3v) is 6.76. The van der Waals surface area contributed by atoms with Crippen LogP contribution in [-0.2, 0) is 6.54 Å². The molecule has 0 radical (unpaired) electrons. The van der Waals surface area contributed by atoms with Crippen molar-refractivity contribution in [3.8, 4) is 16.9 Å². The number of aliphatic hydroxyl groups excluding tert-OH is 1. The molecule has 0 aliphatic rings. The number of para-hydroxylation sites is 1. The van der Waals surface area contributed by atoms with Gasteiger partial charge in [0.15, 0.2) is 0 Å². The van der Waals surface area contributed by atoms with Crippen LogP contribution in [0.5, 0.6) is 5.75 Å². The van der Waals surface area contributed by atoms with E-state index in [-0.39, 0.29) is 12.2 Å². The summed E-state index contributed by atoms with van der Waals surface area (Å²) in [5.41, 5.74) is 2.65. The Bertz CT molecular complexity index is 1330. The van der Waals surface area contributed by atoms with Crippen LogP contribution in [-0.4, -0.2) is 45.8 Å². The molecule has 0 unspecified atom stereocenters. The lowest BCUT2D eigenvalue weighted by molar-refractivity contribution is 0.0604. The number of hydrogen-bond donors (Lipinski definition) is 2. The maximum atomic E-state index is 13.0. The second-order valence-electron chi connectivity index (χ2n) is 9.17. The summed E-state index contributed by atoms with van der Waals surface area (Å²) in [4.78, 5) is 23.5. The summed E-state index contributed by atoms with van der Waals surface area (Å²) < 4.78 is 5.83. The van der Waals surface area contributed by atoms with Crippen LogP contribution in [0.25, 0.3) is 21.3 Å². The Morgan fingerprint density at radius 3 is 2.60 bits per heavy atom. The molecule has 4 aromatic rings. The Labute approximate surface area is 214 Å². The van der Waals surface area contributed by atoms with E-state index in [1.165, 1.54) is 11.3 Å². The average Bonchev–Trinajstić information content (AvgIpc) is 3.23. The van der Waals surface area contributed by atoms with Crippen LogP contribution in [0, 0.1) is 12.8 Å². The van der Waals surface area contributed by atoms with Crippen molar-refractivity contribution >= 4 is 33.2 Å². The number of nitrogens with one attached hydrogen (secondary N) is 1. The van der Waals surface area contributed by atoms with Gasteiger partial charge in [0.1, 0.15) is 29.1 Å². The molecule has 0 saturated carbocycles. The van der Waals surface area contributed by atoms with E-state index < -0.39 is 6.10 Å². The molecule has 6 nitrogen and oxygen atoms in total. The molecule has 184 valence electrons. The summed E-state index contributed by atoms with van der Waals surface area (Å²) in [6.45, 7) is 8.01. The summed E-state index contributed by atoms with van der Waals surface area (Å²) in [5.74, 6) is 1.74. The van der Waals surface area contributed by atoms with E-state index in [2.05, 4.69) is 23.7 Å². The van der Waals surface area contributed by atoms with Gasteiger partial charge in [-0.15, -0.1) is 11.3 Å². The van der Waals surface area contributed by atoms with Gasteiger partial charge < -0.3 is 14.8 Å². The zero-order valence-corrected chi connectivity index (χ0v) is 21.7. The number of rotatable bonds is 10. The number of benzene rings is 2. The molecule has 8 heteroatoms. The number of aromatic amines is 1. The molecule has 0 bridgehead atoms. The minimum atomic E-state index is -0.679. The number of thiophene rings is 1. The summed E-state index contributed by atoms with van der Waals surface area (Å²) in [6.07, 6.45) is -0.679. The van der Waals surface area contributed by atoms with Gasteiger partial charge >= 0.3 is 0 Å². The van der Waals surface area contributed by atoms with Gasteiger partial charge in [-0.05, 0) is 42.2 Å². The molecule has 2 heterocycles. The highest BCUT2D eigenvalue weighted by atomic mass is 35.5. The fourth-order valence-electron chi connectivity index (χ4n) is 4.10. The maximum absolute atomic E-state index is 13.0. The largest absolute Gasteiger partial charge is 0.491 e. The monoisotopic (exact) mass is 511 g/mol. The number of halogens is 1. The number of aryl methyl sites for hydroxylation is 1. The molecule has 1 atom stereocenters. The van der Waals surface area contributed by atoms with Crippen LogP contribution >= 0.6 is 22.9 Å². The summed E-state index contributed by atoms with van der Waals surface area (Å²) in [6, 6.07) is 15.2. The van der Waals surface area contributed by atoms with E-state index >= 15 is 0 Å². The molecule has 2 aromatic carbocycles. The lowest BCUT2D eigenvalue weighted by Crippen LogP contribution is -2.38. The minimum Gasteiger partial charge on any atom is -0.491 e. The molecule has 0 fully saturated rings. The highest BCUT2D eigenvalue weighted by molar-refractivity contribution is 7.17. The fourth-order valence-corrected chi connectivity index (χ4v) is 5.19. The van der Waals surface area contributed by atoms with Crippen LogP contribution in [0.1, 0.15) is 25.2 Å². The molecule has 0 aliphatic carbocycles. The van der Waals surface area contributed by atoms with Gasteiger partial charge in [0.25, 0.3) is 5.56 Å². The van der Waals surface area contributed by atoms with Crippen LogP contribution < -0.4 is 10.3 Å². The van der Waals surface area contributed by atoms with Crippen molar-refractivity contribution in [3.63, 3.8) is 0 Å². The number of aromatic nitrogens is 2. The van der Waals surface area contributed by atoms with Crippen molar-refractivity contribution in [3.05, 3.63) is 80.7 Å². The van der Waals surface area contributed by atoms with Crippen LogP contribution in [0.15, 0.2) is 58.7 Å². The lowest BCUT2D eigenvalue weighted by Gasteiger charge is -2.26. The lowest BCUT2D eigenvalue weighted by atomic mass is 10.1. The van der Waals surface area contributed by atoms with Gasteiger partial charge in [-0.3, -0.25) is 9.69 Å². The standard InChI is InChI=1S/C27H30ClN3O3S/c1-17(2)12-31(13-21(32)15-34-23-7-5-4-6-18(23)3)14-24-29-26(33)25-22(16-35-27(25)30-24)19-8-10-20(28)11-9-19/h4-11,16-17,21,32H,12-15H2,1-3H3,(H,29,30,33)/t21-/m0/s1. The van der Waals surface area contributed by atoms with E-state index in [1.54, 1.807) is 0 Å². The summed E-state index contributed by atoms with van der Waals surface area (Å²) >= 11 is 7.46. The number of hydrogen-bond acceptors (Lipinski definition) is 6. The van der Waals surface area contributed by atoms with Crippen molar-refractivity contribution in [2.24, 2.45) is 5.92 Å². The molecule has 4 rings (SSSR count). The molecule has 2 N–H and O–H groups in total. The van der Waals surface area contributed by atoms with Crippen LogP contribution in [0.3, 0.4) is 0 Å². The normalized spacial score (nSPS) is 12.5. The van der Waals surface area contributed by atoms with Crippen LogP contribution in [0.2, 0.25) is 5.02 Å². The second kappa shape index (κ2) is 11.4. The SMILES string of the molecule is Cc1ccccc1OC[C@@H](O)CN(Cc1nc2scc(-c3ccc(Cl)cc3)c2c(=O)[nH]1)CC(C)C. The molecule has 35 heavy (non-hydrogen) atoms. The van der Waals surface area contributed by atoms with Gasteiger partial charge in [-0.1, -0.05) is 55.8 Å². The molecule has 0 saturated heterocycles. The first kappa shape index (κ1) is 25.4. The number of fused-ring (bicyclic) bond motifs is 1. The number of nitrogens with zero attached hydrogens (tertiary/aromatic N) is 2. The predicted octanol–water partition coefficient (Wildman–Crippen LogP) is 5.51. The van der Waals surface area contributed by atoms with Crippen molar-refractivity contribution in [2.75, 3.05) is 19.7 Å². The Morgan fingerprint density at radius 2 is 1.89 bits per heavy atom. The van der Waals surface area contributed by atoms with Gasteiger partial charge in [0.2, 0.25) is 0 Å². The molecule has 0 spiro atoms. The number of ether oxygens (including phenoxy) is 1. The molecule has 2 aromatic heterocycles. The predicted molar refractivity (Wildman–Crippen MR) is 143 cm³/mol. The number of aliphatic hydroxyl groups is 1. The first-order chi connectivity index (χ1) is 16.8. The van der Waals surface area contributed by atoms with Gasteiger partial charge in [-0.25, -0.2) is 4.98 Å². The van der Waals surface area contributed by atoms with E-state index in [0.29, 0.717) is 40.1 Å². The second-order valence-corrected chi connectivity index (χ2v) is 10.5. The Balaban J connectivity index is 1.49. The third-order valence-electron chi connectivity index (χ3n) is 5.64. The van der Waals surface area contributed by atoms with Crippen molar-refractivity contribution in [1.29, 1.82) is 0 Å². The first-order valence-corrected chi connectivity index (χ1v) is 12.9. The molecule has 0 aliphatic heterocycles. The quantitative estimate of drug-likeness (QED) is 0.293. The molecule has 0 amide bonds.